The molecule has 0 aliphatic heterocycles. The Hall–Kier alpha value is -1.30. The molecule has 0 saturated carbocycles. The normalized spacial score (nSPS) is 11.2. The zero-order valence-electron chi connectivity index (χ0n) is 10.3. The van der Waals surface area contributed by atoms with E-state index in [2.05, 4.69) is 49.8 Å². The van der Waals surface area contributed by atoms with Crippen LogP contribution >= 0.6 is 15.9 Å². The molecule has 5 nitrogen and oxygen atoms in total. The topological polar surface area (TPSA) is 56.5 Å². The van der Waals surface area contributed by atoms with Crippen LogP contribution in [0, 0.1) is 13.8 Å². The molecule has 0 spiro atoms. The van der Waals surface area contributed by atoms with Crippen LogP contribution in [0.4, 0.5) is 0 Å². The lowest BCUT2D eigenvalue weighted by Gasteiger charge is -2.08. The quantitative estimate of drug-likeness (QED) is 0.799. The van der Waals surface area contributed by atoms with Gasteiger partial charge in [-0.1, -0.05) is 13.8 Å². The summed E-state index contributed by atoms with van der Waals surface area (Å²) in [7, 11) is 0. The Kier molecular flexibility index (Phi) is 3.24. The van der Waals surface area contributed by atoms with Gasteiger partial charge >= 0.3 is 0 Å². The number of aryl methyl sites for hydroxylation is 2. The van der Waals surface area contributed by atoms with E-state index < -0.39 is 0 Å². The summed E-state index contributed by atoms with van der Waals surface area (Å²) >= 11 is 3.40. The van der Waals surface area contributed by atoms with Crippen LogP contribution in [0.3, 0.4) is 0 Å². The zero-order valence-corrected chi connectivity index (χ0v) is 11.9. The third-order valence-corrected chi connectivity index (χ3v) is 2.71. The lowest BCUT2D eigenvalue weighted by Crippen LogP contribution is -2.07. The maximum absolute atomic E-state index is 4.50. The second-order valence-electron chi connectivity index (χ2n) is 4.18. The molecule has 6 heteroatoms. The molecule has 0 bridgehead atoms. The van der Waals surface area contributed by atoms with E-state index in [1.165, 1.54) is 0 Å². The Morgan fingerprint density at radius 3 is 2.41 bits per heavy atom. The summed E-state index contributed by atoms with van der Waals surface area (Å²) < 4.78 is 2.49. The highest BCUT2D eigenvalue weighted by Crippen LogP contribution is 2.17. The molecular formula is C11H14BrN5. The fraction of sp³-hybridized carbons (Fsp3) is 0.455. The van der Waals surface area contributed by atoms with Crippen molar-refractivity contribution in [3.63, 3.8) is 0 Å². The molecule has 0 amide bonds. The third kappa shape index (κ3) is 2.52. The van der Waals surface area contributed by atoms with Crippen LogP contribution in [0.5, 0.6) is 0 Å². The van der Waals surface area contributed by atoms with Crippen molar-refractivity contribution < 1.29 is 0 Å². The van der Waals surface area contributed by atoms with Gasteiger partial charge in [0.25, 0.3) is 0 Å². The van der Waals surface area contributed by atoms with Gasteiger partial charge in [0.05, 0.1) is 0 Å². The van der Waals surface area contributed by atoms with Gasteiger partial charge in [0.2, 0.25) is 0 Å². The maximum Gasteiger partial charge on any atom is 0.160 e. The molecule has 2 aromatic heterocycles. The highest BCUT2D eigenvalue weighted by molar-refractivity contribution is 9.10. The Morgan fingerprint density at radius 1 is 1.18 bits per heavy atom. The van der Waals surface area contributed by atoms with Crippen molar-refractivity contribution in [1.29, 1.82) is 0 Å². The number of nitrogens with zero attached hydrogens (tertiary/aromatic N) is 5. The first-order chi connectivity index (χ1) is 7.97. The molecule has 2 aromatic rings. The average molecular weight is 296 g/mol. The number of halogens is 1. The van der Waals surface area contributed by atoms with Crippen LogP contribution in [0.15, 0.2) is 10.7 Å². The first-order valence-corrected chi connectivity index (χ1v) is 6.22. The molecule has 0 aliphatic carbocycles. The van der Waals surface area contributed by atoms with Crippen molar-refractivity contribution in [2.45, 2.75) is 33.6 Å². The number of hydrogen-bond acceptors (Lipinski definition) is 4. The average Bonchev–Trinajstić information content (AvgIpc) is 2.57. The summed E-state index contributed by atoms with van der Waals surface area (Å²) in [5.41, 5.74) is 0. The minimum atomic E-state index is 0.274. The molecule has 0 fully saturated rings. The highest BCUT2D eigenvalue weighted by atomic mass is 79.9. The van der Waals surface area contributed by atoms with E-state index in [0.717, 1.165) is 27.9 Å². The van der Waals surface area contributed by atoms with Crippen LogP contribution in [0.2, 0.25) is 0 Å². The van der Waals surface area contributed by atoms with Gasteiger partial charge in [0.1, 0.15) is 22.1 Å². The predicted octanol–water partition coefficient (Wildman–Crippen LogP) is 2.56. The molecule has 0 aliphatic rings. The molecule has 2 rings (SSSR count). The van der Waals surface area contributed by atoms with E-state index in [0.29, 0.717) is 0 Å². The zero-order chi connectivity index (χ0) is 12.6. The van der Waals surface area contributed by atoms with Crippen molar-refractivity contribution >= 4 is 15.9 Å². The smallest absolute Gasteiger partial charge is 0.160 e. The van der Waals surface area contributed by atoms with Gasteiger partial charge in [-0.15, -0.1) is 5.10 Å². The summed E-state index contributed by atoms with van der Waals surface area (Å²) in [6.45, 7) is 7.89. The van der Waals surface area contributed by atoms with Gasteiger partial charge in [-0.3, -0.25) is 0 Å². The van der Waals surface area contributed by atoms with Crippen molar-refractivity contribution in [2.75, 3.05) is 0 Å². The Balaban J connectivity index is 2.55. The van der Waals surface area contributed by atoms with E-state index in [4.69, 9.17) is 0 Å². The fourth-order valence-corrected chi connectivity index (χ4v) is 1.91. The third-order valence-electron chi connectivity index (χ3n) is 2.31. The standard InChI is InChI=1S/C11H14BrN5/c1-6(2)11-14-9(12)5-10(15-11)17-8(4)13-7(3)16-17/h5-6H,1-4H3. The largest absolute Gasteiger partial charge is 0.226 e. The van der Waals surface area contributed by atoms with Gasteiger partial charge in [-0.25, -0.2) is 15.0 Å². The number of aromatic nitrogens is 5. The molecule has 0 unspecified atom stereocenters. The molecule has 2 heterocycles. The van der Waals surface area contributed by atoms with Gasteiger partial charge in [-0.05, 0) is 29.8 Å². The Morgan fingerprint density at radius 2 is 1.88 bits per heavy atom. The lowest BCUT2D eigenvalue weighted by atomic mass is 10.2. The van der Waals surface area contributed by atoms with Gasteiger partial charge < -0.3 is 0 Å². The van der Waals surface area contributed by atoms with Gasteiger partial charge in [0, 0.05) is 12.0 Å². The monoisotopic (exact) mass is 295 g/mol. The van der Waals surface area contributed by atoms with Crippen molar-refractivity contribution in [1.82, 2.24) is 24.7 Å². The minimum Gasteiger partial charge on any atom is -0.226 e. The molecule has 90 valence electrons. The SMILES string of the molecule is Cc1nc(C)n(-c2cc(Br)nc(C(C)C)n2)n1. The molecule has 17 heavy (non-hydrogen) atoms. The van der Waals surface area contributed by atoms with Gasteiger partial charge in [0.15, 0.2) is 5.82 Å². The van der Waals surface area contributed by atoms with Crippen molar-refractivity contribution in [3.8, 4) is 5.82 Å². The first-order valence-electron chi connectivity index (χ1n) is 5.42. The van der Waals surface area contributed by atoms with E-state index in [-0.39, 0.29) is 5.92 Å². The van der Waals surface area contributed by atoms with E-state index in [1.54, 1.807) is 4.68 Å². The van der Waals surface area contributed by atoms with E-state index in [1.807, 2.05) is 19.9 Å². The van der Waals surface area contributed by atoms with E-state index in [9.17, 15) is 0 Å². The number of hydrogen-bond donors (Lipinski definition) is 0. The summed E-state index contributed by atoms with van der Waals surface area (Å²) in [6, 6.07) is 1.84. The summed E-state index contributed by atoms with van der Waals surface area (Å²) in [5, 5.41) is 4.32. The minimum absolute atomic E-state index is 0.274. The molecule has 0 atom stereocenters. The molecule has 0 aromatic carbocycles. The summed E-state index contributed by atoms with van der Waals surface area (Å²) in [5.74, 6) is 3.37. The molecule has 0 radical (unpaired) electrons. The summed E-state index contributed by atoms with van der Waals surface area (Å²) in [6.07, 6.45) is 0. The van der Waals surface area contributed by atoms with Crippen LogP contribution in [-0.2, 0) is 0 Å². The van der Waals surface area contributed by atoms with Gasteiger partial charge in [-0.2, -0.15) is 4.68 Å². The predicted molar refractivity (Wildman–Crippen MR) is 68.2 cm³/mol. The first kappa shape index (κ1) is 12.2. The second-order valence-corrected chi connectivity index (χ2v) is 4.99. The Bertz CT molecular complexity index is 547. The van der Waals surface area contributed by atoms with Crippen molar-refractivity contribution in [2.24, 2.45) is 0 Å². The lowest BCUT2D eigenvalue weighted by molar-refractivity contribution is 0.730. The van der Waals surface area contributed by atoms with Crippen LogP contribution < -0.4 is 0 Å². The maximum atomic E-state index is 4.50. The van der Waals surface area contributed by atoms with Crippen molar-refractivity contribution in [3.05, 3.63) is 28.1 Å². The van der Waals surface area contributed by atoms with Crippen LogP contribution in [0.25, 0.3) is 5.82 Å². The van der Waals surface area contributed by atoms with Crippen LogP contribution in [0.1, 0.15) is 37.2 Å². The van der Waals surface area contributed by atoms with Crippen LogP contribution in [-0.4, -0.2) is 24.7 Å². The van der Waals surface area contributed by atoms with E-state index >= 15 is 0 Å². The second kappa shape index (κ2) is 4.52. The molecule has 0 saturated heterocycles. The summed E-state index contributed by atoms with van der Waals surface area (Å²) in [4.78, 5) is 13.1. The number of rotatable bonds is 2. The molecular weight excluding hydrogens is 282 g/mol. The Labute approximate surface area is 108 Å². The highest BCUT2D eigenvalue weighted by Gasteiger charge is 2.11. The molecule has 0 N–H and O–H groups in total. The fourth-order valence-electron chi connectivity index (χ4n) is 1.53.